The second kappa shape index (κ2) is 9.48. The maximum absolute atomic E-state index is 12.3. The third-order valence-electron chi connectivity index (χ3n) is 4.03. The summed E-state index contributed by atoms with van der Waals surface area (Å²) in [5.41, 5.74) is 0.977. The van der Waals surface area contributed by atoms with E-state index in [-0.39, 0.29) is 23.0 Å². The average molecular weight is 404 g/mol. The summed E-state index contributed by atoms with van der Waals surface area (Å²) >= 11 is 0. The van der Waals surface area contributed by atoms with Gasteiger partial charge in [0.05, 0.1) is 16.5 Å². The molecule has 150 valence electrons. The number of esters is 1. The van der Waals surface area contributed by atoms with E-state index in [4.69, 9.17) is 4.74 Å². The van der Waals surface area contributed by atoms with Crippen molar-refractivity contribution in [1.29, 1.82) is 0 Å². The lowest BCUT2D eigenvalue weighted by atomic mass is 10.1. The molecule has 2 aromatic rings. The van der Waals surface area contributed by atoms with Crippen molar-refractivity contribution in [3.05, 3.63) is 65.7 Å². The SMILES string of the molecule is CCNS(=O)(=O)c1cccc(C(=O)O[C@H](C)C(=O)N[C@H](C)c2ccccc2)c1. The van der Waals surface area contributed by atoms with Crippen molar-refractivity contribution in [3.63, 3.8) is 0 Å². The molecule has 2 rings (SSSR count). The lowest BCUT2D eigenvalue weighted by Gasteiger charge is -2.18. The molecule has 8 heteroatoms. The van der Waals surface area contributed by atoms with Crippen molar-refractivity contribution in [3.8, 4) is 0 Å². The molecule has 0 spiro atoms. The van der Waals surface area contributed by atoms with Gasteiger partial charge in [-0.3, -0.25) is 4.79 Å². The van der Waals surface area contributed by atoms with E-state index in [0.717, 1.165) is 5.56 Å². The Morgan fingerprint density at radius 2 is 1.71 bits per heavy atom. The summed E-state index contributed by atoms with van der Waals surface area (Å²) in [6, 6.07) is 14.6. The van der Waals surface area contributed by atoms with E-state index in [0.29, 0.717) is 0 Å². The largest absolute Gasteiger partial charge is 0.449 e. The van der Waals surface area contributed by atoms with Crippen LogP contribution in [0.1, 0.15) is 42.7 Å². The van der Waals surface area contributed by atoms with E-state index in [9.17, 15) is 18.0 Å². The van der Waals surface area contributed by atoms with Crippen LogP contribution in [0.4, 0.5) is 0 Å². The summed E-state index contributed by atoms with van der Waals surface area (Å²) in [5.74, 6) is -1.22. The third kappa shape index (κ3) is 5.64. The molecular formula is C20H24N2O5S. The molecule has 0 aliphatic carbocycles. The van der Waals surface area contributed by atoms with Gasteiger partial charge in [-0.05, 0) is 37.6 Å². The number of amides is 1. The van der Waals surface area contributed by atoms with Crippen molar-refractivity contribution in [2.45, 2.75) is 37.8 Å². The molecule has 0 heterocycles. The molecule has 2 aromatic carbocycles. The summed E-state index contributed by atoms with van der Waals surface area (Å²) < 4.78 is 31.7. The number of benzene rings is 2. The van der Waals surface area contributed by atoms with E-state index >= 15 is 0 Å². The summed E-state index contributed by atoms with van der Waals surface area (Å²) in [6.07, 6.45) is -1.03. The van der Waals surface area contributed by atoms with Gasteiger partial charge < -0.3 is 10.1 Å². The highest BCUT2D eigenvalue weighted by Gasteiger charge is 2.22. The molecule has 2 atom stereocenters. The molecule has 1 amide bonds. The number of hydrogen-bond acceptors (Lipinski definition) is 5. The van der Waals surface area contributed by atoms with Gasteiger partial charge in [-0.2, -0.15) is 0 Å². The van der Waals surface area contributed by atoms with E-state index in [1.807, 2.05) is 37.3 Å². The van der Waals surface area contributed by atoms with E-state index < -0.39 is 28.0 Å². The Bertz CT molecular complexity index is 929. The molecular weight excluding hydrogens is 380 g/mol. The third-order valence-corrected chi connectivity index (χ3v) is 5.57. The van der Waals surface area contributed by atoms with Crippen LogP contribution >= 0.6 is 0 Å². The number of carbonyl (C=O) groups excluding carboxylic acids is 2. The lowest BCUT2D eigenvalue weighted by Crippen LogP contribution is -2.37. The fourth-order valence-corrected chi connectivity index (χ4v) is 3.59. The highest BCUT2D eigenvalue weighted by atomic mass is 32.2. The normalized spacial score (nSPS) is 13.4. The van der Waals surface area contributed by atoms with Gasteiger partial charge in [-0.1, -0.05) is 43.3 Å². The second-order valence-corrected chi connectivity index (χ2v) is 7.98. The molecule has 0 bridgehead atoms. The van der Waals surface area contributed by atoms with E-state index in [1.54, 1.807) is 6.92 Å². The first-order valence-corrected chi connectivity index (χ1v) is 10.4. The highest BCUT2D eigenvalue weighted by molar-refractivity contribution is 7.89. The Hall–Kier alpha value is -2.71. The molecule has 0 aromatic heterocycles. The van der Waals surface area contributed by atoms with Crippen LogP contribution < -0.4 is 10.0 Å². The molecule has 0 aliphatic heterocycles. The van der Waals surface area contributed by atoms with Crippen LogP contribution in [0, 0.1) is 0 Å². The molecule has 0 fully saturated rings. The predicted molar refractivity (Wildman–Crippen MR) is 105 cm³/mol. The van der Waals surface area contributed by atoms with Crippen molar-refractivity contribution in [1.82, 2.24) is 10.0 Å². The van der Waals surface area contributed by atoms with Crippen LogP contribution in [0.5, 0.6) is 0 Å². The minimum absolute atomic E-state index is 0.0430. The first kappa shape index (κ1) is 21.6. The summed E-state index contributed by atoms with van der Waals surface area (Å²) in [5, 5.41) is 2.78. The second-order valence-electron chi connectivity index (χ2n) is 6.22. The van der Waals surface area contributed by atoms with Gasteiger partial charge in [0.2, 0.25) is 10.0 Å². The molecule has 0 saturated carbocycles. The molecule has 0 saturated heterocycles. The molecule has 2 N–H and O–H groups in total. The highest BCUT2D eigenvalue weighted by Crippen LogP contribution is 2.14. The monoisotopic (exact) mass is 404 g/mol. The van der Waals surface area contributed by atoms with Crippen LogP contribution in [0.3, 0.4) is 0 Å². The van der Waals surface area contributed by atoms with Crippen LogP contribution in [-0.4, -0.2) is 32.9 Å². The predicted octanol–water partition coefficient (Wildman–Crippen LogP) is 2.41. The van der Waals surface area contributed by atoms with Gasteiger partial charge in [0.1, 0.15) is 0 Å². The van der Waals surface area contributed by atoms with Gasteiger partial charge in [-0.25, -0.2) is 17.9 Å². The quantitative estimate of drug-likeness (QED) is 0.658. The summed E-state index contributed by atoms with van der Waals surface area (Å²) in [4.78, 5) is 24.6. The molecule has 0 unspecified atom stereocenters. The van der Waals surface area contributed by atoms with Gasteiger partial charge in [0.25, 0.3) is 5.91 Å². The zero-order chi connectivity index (χ0) is 20.7. The van der Waals surface area contributed by atoms with Gasteiger partial charge >= 0.3 is 5.97 Å². The zero-order valence-electron chi connectivity index (χ0n) is 16.0. The number of ether oxygens (including phenoxy) is 1. The van der Waals surface area contributed by atoms with Crippen molar-refractivity contribution >= 4 is 21.9 Å². The topological polar surface area (TPSA) is 102 Å². The zero-order valence-corrected chi connectivity index (χ0v) is 16.8. The maximum Gasteiger partial charge on any atom is 0.338 e. The molecule has 7 nitrogen and oxygen atoms in total. The van der Waals surface area contributed by atoms with Gasteiger partial charge in [0, 0.05) is 6.54 Å². The average Bonchev–Trinajstić information content (AvgIpc) is 2.68. The summed E-state index contributed by atoms with van der Waals surface area (Å²) in [6.45, 7) is 5.18. The summed E-state index contributed by atoms with van der Waals surface area (Å²) in [7, 11) is -3.69. The van der Waals surface area contributed by atoms with Gasteiger partial charge in [-0.15, -0.1) is 0 Å². The Morgan fingerprint density at radius 1 is 1.04 bits per heavy atom. The smallest absolute Gasteiger partial charge is 0.338 e. The van der Waals surface area contributed by atoms with Crippen molar-refractivity contribution < 1.29 is 22.7 Å². The minimum atomic E-state index is -3.69. The number of sulfonamides is 1. The fourth-order valence-electron chi connectivity index (χ4n) is 2.50. The van der Waals surface area contributed by atoms with E-state index in [2.05, 4.69) is 10.0 Å². The molecule has 0 radical (unpaired) electrons. The van der Waals surface area contributed by atoms with Crippen molar-refractivity contribution in [2.75, 3.05) is 6.54 Å². The van der Waals surface area contributed by atoms with Crippen LogP contribution in [0.15, 0.2) is 59.5 Å². The number of rotatable bonds is 8. The minimum Gasteiger partial charge on any atom is -0.449 e. The number of hydrogen-bond donors (Lipinski definition) is 2. The van der Waals surface area contributed by atoms with Gasteiger partial charge in [0.15, 0.2) is 6.10 Å². The standard InChI is InChI=1S/C20H24N2O5S/c1-4-21-28(25,26)18-12-8-11-17(13-18)20(24)27-15(3)19(23)22-14(2)16-9-6-5-7-10-16/h5-15,21H,4H2,1-3H3,(H,22,23)/t14-,15-/m1/s1. The van der Waals surface area contributed by atoms with Crippen molar-refractivity contribution in [2.24, 2.45) is 0 Å². The first-order valence-electron chi connectivity index (χ1n) is 8.90. The Labute approximate surface area is 165 Å². The Morgan fingerprint density at radius 3 is 2.36 bits per heavy atom. The molecule has 0 aliphatic rings. The molecule has 28 heavy (non-hydrogen) atoms. The Kier molecular flexibility index (Phi) is 7.31. The van der Waals surface area contributed by atoms with Crippen LogP contribution in [0.25, 0.3) is 0 Å². The number of nitrogens with one attached hydrogen (secondary N) is 2. The first-order chi connectivity index (χ1) is 13.2. The maximum atomic E-state index is 12.3. The number of carbonyl (C=O) groups is 2. The van der Waals surface area contributed by atoms with Crippen LogP contribution in [-0.2, 0) is 19.6 Å². The van der Waals surface area contributed by atoms with Crippen LogP contribution in [0.2, 0.25) is 0 Å². The van der Waals surface area contributed by atoms with E-state index in [1.165, 1.54) is 31.2 Å². The Balaban J connectivity index is 2.03. The lowest BCUT2D eigenvalue weighted by molar-refractivity contribution is -0.129. The fraction of sp³-hybridized carbons (Fsp3) is 0.300.